The second-order valence-corrected chi connectivity index (χ2v) is 4.18. The van der Waals surface area contributed by atoms with E-state index in [2.05, 4.69) is 29.2 Å². The van der Waals surface area contributed by atoms with Crippen molar-refractivity contribution in [3.8, 4) is 0 Å². The molecule has 3 heteroatoms. The molecule has 1 N–H and O–H groups in total. The van der Waals surface area contributed by atoms with Crippen LogP contribution in [0.3, 0.4) is 0 Å². The molecule has 0 aromatic heterocycles. The van der Waals surface area contributed by atoms with E-state index in [1.807, 2.05) is 12.1 Å². The number of aromatic carboxylic acids is 1. The number of rotatable bonds is 3. The monoisotopic (exact) mass is 288 g/mol. The molecule has 0 spiro atoms. The molecule has 1 rings (SSSR count). The molecule has 0 aliphatic heterocycles. The standard InChI is InChI=1S/C10H9IO2/c1-7(11)6-8-4-2-3-5-9(8)10(12)13/h2-5H,1,6H2,(H,12,13). The van der Waals surface area contributed by atoms with E-state index in [4.69, 9.17) is 5.11 Å². The van der Waals surface area contributed by atoms with Crippen LogP contribution in [0.25, 0.3) is 0 Å². The fourth-order valence-corrected chi connectivity index (χ4v) is 1.50. The first-order chi connectivity index (χ1) is 6.11. The average molecular weight is 288 g/mol. The lowest BCUT2D eigenvalue weighted by Gasteiger charge is -2.03. The molecule has 0 aliphatic carbocycles. The lowest BCUT2D eigenvalue weighted by molar-refractivity contribution is 0.0696. The van der Waals surface area contributed by atoms with Crippen molar-refractivity contribution >= 4 is 28.6 Å². The Kier molecular flexibility index (Phi) is 3.48. The summed E-state index contributed by atoms with van der Waals surface area (Å²) in [4.78, 5) is 10.8. The van der Waals surface area contributed by atoms with Crippen molar-refractivity contribution < 1.29 is 9.90 Å². The van der Waals surface area contributed by atoms with Crippen molar-refractivity contribution in [1.82, 2.24) is 0 Å². The van der Waals surface area contributed by atoms with Crippen molar-refractivity contribution in [2.45, 2.75) is 6.42 Å². The molecule has 0 amide bonds. The lowest BCUT2D eigenvalue weighted by atomic mass is 10.1. The van der Waals surface area contributed by atoms with E-state index in [0.717, 1.165) is 9.14 Å². The largest absolute Gasteiger partial charge is 0.478 e. The third kappa shape index (κ3) is 2.84. The number of halogens is 1. The van der Waals surface area contributed by atoms with Gasteiger partial charge >= 0.3 is 5.97 Å². The fraction of sp³-hybridized carbons (Fsp3) is 0.100. The van der Waals surface area contributed by atoms with Gasteiger partial charge in [-0.2, -0.15) is 0 Å². The first kappa shape index (κ1) is 10.2. The molecule has 0 saturated heterocycles. The highest BCUT2D eigenvalue weighted by Crippen LogP contribution is 2.16. The molecule has 0 atom stereocenters. The van der Waals surface area contributed by atoms with Gasteiger partial charge in [0.15, 0.2) is 0 Å². The highest BCUT2D eigenvalue weighted by molar-refractivity contribution is 14.1. The van der Waals surface area contributed by atoms with E-state index >= 15 is 0 Å². The Morgan fingerprint density at radius 2 is 2.08 bits per heavy atom. The number of carboxylic acids is 1. The number of carboxylic acid groups (broad SMARTS) is 1. The Labute approximate surface area is 90.4 Å². The zero-order chi connectivity index (χ0) is 9.84. The van der Waals surface area contributed by atoms with Gasteiger partial charge in [0.05, 0.1) is 5.56 Å². The Bertz CT molecular complexity index is 345. The molecular formula is C10H9IO2. The summed E-state index contributed by atoms with van der Waals surface area (Å²) in [6.45, 7) is 3.74. The van der Waals surface area contributed by atoms with Gasteiger partial charge in [0, 0.05) is 6.42 Å². The molecule has 0 heterocycles. The van der Waals surface area contributed by atoms with Crippen molar-refractivity contribution in [3.63, 3.8) is 0 Å². The molecule has 0 bridgehead atoms. The smallest absolute Gasteiger partial charge is 0.335 e. The Morgan fingerprint density at radius 3 is 2.62 bits per heavy atom. The highest BCUT2D eigenvalue weighted by atomic mass is 127. The molecule has 0 aliphatic rings. The van der Waals surface area contributed by atoms with Gasteiger partial charge in [-0.05, 0) is 37.8 Å². The quantitative estimate of drug-likeness (QED) is 0.868. The van der Waals surface area contributed by atoms with E-state index in [9.17, 15) is 4.79 Å². The van der Waals surface area contributed by atoms with E-state index in [-0.39, 0.29) is 0 Å². The van der Waals surface area contributed by atoms with Crippen LogP contribution >= 0.6 is 22.6 Å². The minimum absolute atomic E-state index is 0.361. The van der Waals surface area contributed by atoms with Gasteiger partial charge in [-0.15, -0.1) is 0 Å². The van der Waals surface area contributed by atoms with E-state index in [1.165, 1.54) is 0 Å². The topological polar surface area (TPSA) is 37.3 Å². The minimum Gasteiger partial charge on any atom is -0.478 e. The van der Waals surface area contributed by atoms with Crippen LogP contribution in [0.5, 0.6) is 0 Å². The zero-order valence-electron chi connectivity index (χ0n) is 6.96. The second-order valence-electron chi connectivity index (χ2n) is 2.66. The van der Waals surface area contributed by atoms with Gasteiger partial charge in [0.2, 0.25) is 0 Å². The number of carbonyl (C=O) groups is 1. The summed E-state index contributed by atoms with van der Waals surface area (Å²) in [6.07, 6.45) is 0.614. The summed E-state index contributed by atoms with van der Waals surface area (Å²) < 4.78 is 0.936. The first-order valence-corrected chi connectivity index (χ1v) is 4.83. The summed E-state index contributed by atoms with van der Waals surface area (Å²) in [5.74, 6) is -0.881. The third-order valence-corrected chi connectivity index (χ3v) is 2.01. The van der Waals surface area contributed by atoms with Gasteiger partial charge in [0.25, 0.3) is 0 Å². The van der Waals surface area contributed by atoms with Gasteiger partial charge in [0.1, 0.15) is 0 Å². The van der Waals surface area contributed by atoms with Gasteiger partial charge < -0.3 is 5.11 Å². The molecule has 1 aromatic carbocycles. The highest BCUT2D eigenvalue weighted by Gasteiger charge is 2.08. The number of benzene rings is 1. The predicted octanol–water partition coefficient (Wildman–Crippen LogP) is 2.88. The van der Waals surface area contributed by atoms with Crippen LogP contribution in [0.15, 0.2) is 34.4 Å². The SMILES string of the molecule is C=C(I)Cc1ccccc1C(=O)O. The van der Waals surface area contributed by atoms with Crippen LogP contribution in [0.1, 0.15) is 15.9 Å². The molecule has 1 aromatic rings. The summed E-state index contributed by atoms with van der Waals surface area (Å²) in [6, 6.07) is 6.98. The molecule has 0 unspecified atom stereocenters. The molecular weight excluding hydrogens is 279 g/mol. The fourth-order valence-electron chi connectivity index (χ4n) is 1.09. The van der Waals surface area contributed by atoms with E-state index in [1.54, 1.807) is 12.1 Å². The zero-order valence-corrected chi connectivity index (χ0v) is 9.11. The van der Waals surface area contributed by atoms with Crippen molar-refractivity contribution in [2.75, 3.05) is 0 Å². The van der Waals surface area contributed by atoms with Crippen LogP contribution in [0.2, 0.25) is 0 Å². The number of hydrogen-bond donors (Lipinski definition) is 1. The van der Waals surface area contributed by atoms with Gasteiger partial charge in [-0.3, -0.25) is 0 Å². The molecule has 0 saturated carbocycles. The van der Waals surface area contributed by atoms with E-state index < -0.39 is 5.97 Å². The first-order valence-electron chi connectivity index (χ1n) is 3.75. The Hall–Kier alpha value is -0.840. The Morgan fingerprint density at radius 1 is 1.46 bits per heavy atom. The molecule has 13 heavy (non-hydrogen) atoms. The lowest BCUT2D eigenvalue weighted by Crippen LogP contribution is -2.01. The summed E-state index contributed by atoms with van der Waals surface area (Å²) in [5.41, 5.74) is 1.18. The van der Waals surface area contributed by atoms with Crippen molar-refractivity contribution in [3.05, 3.63) is 45.6 Å². The maximum absolute atomic E-state index is 10.8. The average Bonchev–Trinajstić information content (AvgIpc) is 2.03. The summed E-state index contributed by atoms with van der Waals surface area (Å²) >= 11 is 2.10. The van der Waals surface area contributed by atoms with Crippen LogP contribution in [-0.4, -0.2) is 11.1 Å². The van der Waals surface area contributed by atoms with Crippen LogP contribution in [0, 0.1) is 0 Å². The van der Waals surface area contributed by atoms with Gasteiger partial charge in [-0.25, -0.2) is 4.79 Å². The van der Waals surface area contributed by atoms with Crippen LogP contribution < -0.4 is 0 Å². The maximum Gasteiger partial charge on any atom is 0.335 e. The molecule has 2 nitrogen and oxygen atoms in total. The van der Waals surface area contributed by atoms with Crippen molar-refractivity contribution in [2.24, 2.45) is 0 Å². The second kappa shape index (κ2) is 4.41. The Balaban J connectivity index is 3.04. The third-order valence-electron chi connectivity index (χ3n) is 1.63. The summed E-state index contributed by atoms with van der Waals surface area (Å²) in [5, 5.41) is 8.85. The van der Waals surface area contributed by atoms with Gasteiger partial charge in [-0.1, -0.05) is 24.8 Å². The molecule has 0 radical (unpaired) electrons. The summed E-state index contributed by atoms with van der Waals surface area (Å²) in [7, 11) is 0. The predicted molar refractivity (Wildman–Crippen MR) is 60.3 cm³/mol. The normalized spacial score (nSPS) is 9.62. The maximum atomic E-state index is 10.8. The molecule has 0 fully saturated rings. The van der Waals surface area contributed by atoms with Crippen LogP contribution in [0.4, 0.5) is 0 Å². The van der Waals surface area contributed by atoms with Crippen LogP contribution in [-0.2, 0) is 6.42 Å². The number of allylic oxidation sites excluding steroid dienone is 1. The molecule has 68 valence electrons. The minimum atomic E-state index is -0.881. The van der Waals surface area contributed by atoms with Crippen molar-refractivity contribution in [1.29, 1.82) is 0 Å². The number of hydrogen-bond acceptors (Lipinski definition) is 1. The van der Waals surface area contributed by atoms with E-state index in [0.29, 0.717) is 12.0 Å².